The number of ether oxygens (including phenoxy) is 1. The largest absolute Gasteiger partial charge is 0.504 e. The van der Waals surface area contributed by atoms with Gasteiger partial charge in [-0.05, 0) is 36.2 Å². The topological polar surface area (TPSA) is 62.7 Å². The first-order valence-electron chi connectivity index (χ1n) is 9.32. The number of carbonyl (C=O) groups is 1. The Bertz CT molecular complexity index is 1000. The third-order valence-electron chi connectivity index (χ3n) is 4.90. The zero-order valence-electron chi connectivity index (χ0n) is 15.8. The number of fused-ring (bicyclic) bond motifs is 1. The Kier molecular flexibility index (Phi) is 4.98. The summed E-state index contributed by atoms with van der Waals surface area (Å²) in [6.45, 7) is 3.27. The molecule has 3 aromatic rings. The van der Waals surface area contributed by atoms with Crippen molar-refractivity contribution in [3.05, 3.63) is 77.6 Å². The maximum atomic E-state index is 12.9. The summed E-state index contributed by atoms with van der Waals surface area (Å²) < 4.78 is 5.76. The molecule has 0 unspecified atom stereocenters. The van der Waals surface area contributed by atoms with E-state index < -0.39 is 0 Å². The normalized spacial score (nSPS) is 13.4. The van der Waals surface area contributed by atoms with Gasteiger partial charge in [0.2, 0.25) is 5.91 Å². The highest BCUT2D eigenvalue weighted by molar-refractivity contribution is 5.79. The van der Waals surface area contributed by atoms with Crippen LogP contribution in [0, 0.1) is 6.92 Å². The SMILES string of the molecule is Cc1cccc(CC(=O)N2CCOc3c(O)cc(-c4cccnc4)cc3C2)c1. The van der Waals surface area contributed by atoms with Crippen molar-refractivity contribution in [1.82, 2.24) is 9.88 Å². The molecular formula is C23H22N2O3. The number of aryl methyl sites for hydroxylation is 1. The van der Waals surface area contributed by atoms with Crippen molar-refractivity contribution in [2.75, 3.05) is 13.2 Å². The Hall–Kier alpha value is -3.34. The molecule has 0 radical (unpaired) electrons. The fourth-order valence-corrected chi connectivity index (χ4v) is 3.52. The highest BCUT2D eigenvalue weighted by Gasteiger charge is 2.23. The van der Waals surface area contributed by atoms with Crippen LogP contribution >= 0.6 is 0 Å². The van der Waals surface area contributed by atoms with E-state index in [1.807, 2.05) is 49.4 Å². The van der Waals surface area contributed by atoms with Gasteiger partial charge in [0.15, 0.2) is 11.5 Å². The van der Waals surface area contributed by atoms with Crippen molar-refractivity contribution >= 4 is 5.91 Å². The molecule has 0 spiro atoms. The van der Waals surface area contributed by atoms with E-state index in [9.17, 15) is 9.90 Å². The van der Waals surface area contributed by atoms with Gasteiger partial charge in [0.25, 0.3) is 0 Å². The molecule has 142 valence electrons. The highest BCUT2D eigenvalue weighted by atomic mass is 16.5. The second-order valence-electron chi connectivity index (χ2n) is 7.05. The van der Waals surface area contributed by atoms with Gasteiger partial charge in [-0.2, -0.15) is 0 Å². The van der Waals surface area contributed by atoms with Gasteiger partial charge in [-0.3, -0.25) is 9.78 Å². The molecule has 1 N–H and O–H groups in total. The van der Waals surface area contributed by atoms with Crippen LogP contribution in [0.3, 0.4) is 0 Å². The second kappa shape index (κ2) is 7.72. The Morgan fingerprint density at radius 2 is 2.07 bits per heavy atom. The van der Waals surface area contributed by atoms with Gasteiger partial charge in [0, 0.05) is 30.1 Å². The van der Waals surface area contributed by atoms with E-state index >= 15 is 0 Å². The summed E-state index contributed by atoms with van der Waals surface area (Å²) >= 11 is 0. The van der Waals surface area contributed by atoms with E-state index in [-0.39, 0.29) is 11.7 Å². The van der Waals surface area contributed by atoms with Crippen LogP contribution in [0.25, 0.3) is 11.1 Å². The van der Waals surface area contributed by atoms with Gasteiger partial charge < -0.3 is 14.7 Å². The maximum Gasteiger partial charge on any atom is 0.227 e. The number of pyridine rings is 1. The van der Waals surface area contributed by atoms with Crippen molar-refractivity contribution in [1.29, 1.82) is 0 Å². The number of hydrogen-bond donors (Lipinski definition) is 1. The van der Waals surface area contributed by atoms with E-state index in [4.69, 9.17) is 4.74 Å². The van der Waals surface area contributed by atoms with Crippen molar-refractivity contribution in [2.45, 2.75) is 19.9 Å². The Morgan fingerprint density at radius 3 is 2.86 bits per heavy atom. The van der Waals surface area contributed by atoms with E-state index in [1.54, 1.807) is 23.4 Å². The number of nitrogens with zero attached hydrogens (tertiary/aromatic N) is 2. The third kappa shape index (κ3) is 3.83. The van der Waals surface area contributed by atoms with Gasteiger partial charge >= 0.3 is 0 Å². The molecule has 2 heterocycles. The van der Waals surface area contributed by atoms with Gasteiger partial charge in [-0.1, -0.05) is 35.9 Å². The summed E-state index contributed by atoms with van der Waals surface area (Å²) in [5.41, 5.74) is 4.69. The van der Waals surface area contributed by atoms with Gasteiger partial charge in [-0.15, -0.1) is 0 Å². The van der Waals surface area contributed by atoms with Crippen molar-refractivity contribution < 1.29 is 14.6 Å². The number of rotatable bonds is 3. The zero-order valence-corrected chi connectivity index (χ0v) is 15.8. The first-order chi connectivity index (χ1) is 13.6. The second-order valence-corrected chi connectivity index (χ2v) is 7.05. The molecule has 0 atom stereocenters. The van der Waals surface area contributed by atoms with E-state index in [0.29, 0.717) is 31.9 Å². The van der Waals surface area contributed by atoms with Crippen LogP contribution in [0.4, 0.5) is 0 Å². The average molecular weight is 374 g/mol. The molecule has 0 saturated carbocycles. The van der Waals surface area contributed by atoms with Crippen LogP contribution in [0.1, 0.15) is 16.7 Å². The number of phenolic OH excluding ortho intramolecular Hbond substituents is 1. The Balaban J connectivity index is 1.60. The number of hydrogen-bond acceptors (Lipinski definition) is 4. The molecule has 4 rings (SSSR count). The quantitative estimate of drug-likeness (QED) is 0.759. The fourth-order valence-electron chi connectivity index (χ4n) is 3.52. The molecule has 0 fully saturated rings. The molecule has 1 aliphatic rings. The predicted octanol–water partition coefficient (Wildman–Crippen LogP) is 3.73. The molecule has 0 saturated heterocycles. The van der Waals surface area contributed by atoms with Crippen LogP contribution < -0.4 is 4.74 Å². The van der Waals surface area contributed by atoms with Gasteiger partial charge in [0.1, 0.15) is 6.61 Å². The highest BCUT2D eigenvalue weighted by Crippen LogP contribution is 2.37. The van der Waals surface area contributed by atoms with Crippen LogP contribution in [-0.4, -0.2) is 34.0 Å². The summed E-state index contributed by atoms with van der Waals surface area (Å²) in [6, 6.07) is 15.4. The Labute approximate surface area is 164 Å². The monoisotopic (exact) mass is 374 g/mol. The molecule has 2 aromatic carbocycles. The smallest absolute Gasteiger partial charge is 0.227 e. The minimum absolute atomic E-state index is 0.0494. The molecule has 1 aromatic heterocycles. The predicted molar refractivity (Wildman–Crippen MR) is 107 cm³/mol. The molecule has 0 aliphatic carbocycles. The first-order valence-corrected chi connectivity index (χ1v) is 9.32. The maximum absolute atomic E-state index is 12.9. The minimum Gasteiger partial charge on any atom is -0.504 e. The minimum atomic E-state index is 0.0494. The summed E-state index contributed by atoms with van der Waals surface area (Å²) in [4.78, 5) is 18.8. The summed E-state index contributed by atoms with van der Waals surface area (Å²) in [5.74, 6) is 0.594. The number of carbonyl (C=O) groups excluding carboxylic acids is 1. The molecule has 1 aliphatic heterocycles. The molecule has 5 nitrogen and oxygen atoms in total. The molecule has 1 amide bonds. The molecule has 0 bridgehead atoms. The van der Waals surface area contributed by atoms with Gasteiger partial charge in [0.05, 0.1) is 13.0 Å². The number of benzene rings is 2. The number of phenols is 1. The van der Waals surface area contributed by atoms with Crippen LogP contribution in [0.2, 0.25) is 0 Å². The third-order valence-corrected chi connectivity index (χ3v) is 4.90. The van der Waals surface area contributed by atoms with Crippen molar-refractivity contribution in [3.8, 4) is 22.6 Å². The van der Waals surface area contributed by atoms with Crippen LogP contribution in [-0.2, 0) is 17.8 Å². The van der Waals surface area contributed by atoms with Crippen molar-refractivity contribution in [3.63, 3.8) is 0 Å². The number of aromatic hydroxyl groups is 1. The van der Waals surface area contributed by atoms with E-state index in [2.05, 4.69) is 4.98 Å². The standard InChI is InChI=1S/C23H22N2O3/c1-16-4-2-5-17(10-16)11-22(27)25-8-9-28-23-20(15-25)12-19(13-21(23)26)18-6-3-7-24-14-18/h2-7,10,12-14,26H,8-9,11,15H2,1H3. The van der Waals surface area contributed by atoms with E-state index in [1.165, 1.54) is 0 Å². The first kappa shape index (κ1) is 18.0. The Morgan fingerprint density at radius 1 is 1.18 bits per heavy atom. The van der Waals surface area contributed by atoms with Gasteiger partial charge in [-0.25, -0.2) is 0 Å². The summed E-state index contributed by atoms with van der Waals surface area (Å²) in [5, 5.41) is 10.5. The van der Waals surface area contributed by atoms with Crippen molar-refractivity contribution in [2.24, 2.45) is 0 Å². The lowest BCUT2D eigenvalue weighted by Crippen LogP contribution is -2.33. The lowest BCUT2D eigenvalue weighted by molar-refractivity contribution is -0.131. The summed E-state index contributed by atoms with van der Waals surface area (Å²) in [7, 11) is 0. The van der Waals surface area contributed by atoms with Crippen LogP contribution in [0.5, 0.6) is 11.5 Å². The lowest BCUT2D eigenvalue weighted by atomic mass is 10.0. The van der Waals surface area contributed by atoms with Crippen LogP contribution in [0.15, 0.2) is 60.9 Å². The van der Waals surface area contributed by atoms with E-state index in [0.717, 1.165) is 27.8 Å². The molecule has 28 heavy (non-hydrogen) atoms. The molecule has 5 heteroatoms. The lowest BCUT2D eigenvalue weighted by Gasteiger charge is -2.20. The zero-order chi connectivity index (χ0) is 19.5. The fraction of sp³-hybridized carbons (Fsp3) is 0.217. The number of aromatic nitrogens is 1. The average Bonchev–Trinajstić information content (AvgIpc) is 2.92. The number of amides is 1. The summed E-state index contributed by atoms with van der Waals surface area (Å²) in [6.07, 6.45) is 3.81. The molecular weight excluding hydrogens is 352 g/mol.